The molecule has 1 heterocycles. The quantitative estimate of drug-likeness (QED) is 0.869. The van der Waals surface area contributed by atoms with Gasteiger partial charge in [0.2, 0.25) is 0 Å². The molecule has 2 unspecified atom stereocenters. The lowest BCUT2D eigenvalue weighted by molar-refractivity contribution is 0.0544. The summed E-state index contributed by atoms with van der Waals surface area (Å²) in [4.78, 5) is 2.40. The highest BCUT2D eigenvalue weighted by Gasteiger charge is 2.25. The molecule has 0 aromatic heterocycles. The van der Waals surface area contributed by atoms with Gasteiger partial charge in [0.05, 0.1) is 12.2 Å². The molecule has 1 fully saturated rings. The average molecular weight is 248 g/mol. The molecule has 1 aromatic carbocycles. The molecular formula is C15H24N2O. The second-order valence-electron chi connectivity index (χ2n) is 5.02. The molecule has 2 rings (SSSR count). The normalized spacial score (nSPS) is 23.3. The summed E-state index contributed by atoms with van der Waals surface area (Å²) in [7, 11) is 0. The van der Waals surface area contributed by atoms with E-state index in [2.05, 4.69) is 43.0 Å². The number of para-hydroxylation sites is 1. The van der Waals surface area contributed by atoms with Gasteiger partial charge in [0, 0.05) is 25.3 Å². The van der Waals surface area contributed by atoms with Crippen LogP contribution in [0.2, 0.25) is 0 Å². The van der Waals surface area contributed by atoms with Gasteiger partial charge in [0.15, 0.2) is 0 Å². The van der Waals surface area contributed by atoms with Gasteiger partial charge in [-0.25, -0.2) is 0 Å². The maximum atomic E-state index is 5.94. The molecule has 0 radical (unpaired) electrons. The van der Waals surface area contributed by atoms with Gasteiger partial charge in [0.25, 0.3) is 0 Å². The number of hydrogen-bond acceptors (Lipinski definition) is 3. The number of ether oxygens (including phenoxy) is 1. The Balaban J connectivity index is 2.00. The Hall–Kier alpha value is -1.06. The second-order valence-corrected chi connectivity index (χ2v) is 5.02. The molecule has 3 heteroatoms. The molecule has 0 bridgehead atoms. The van der Waals surface area contributed by atoms with Gasteiger partial charge in [-0.2, -0.15) is 0 Å². The van der Waals surface area contributed by atoms with Crippen molar-refractivity contribution in [3.63, 3.8) is 0 Å². The van der Waals surface area contributed by atoms with Gasteiger partial charge in [-0.3, -0.25) is 0 Å². The third-order valence-electron chi connectivity index (χ3n) is 3.72. The predicted molar refractivity (Wildman–Crippen MR) is 76.0 cm³/mol. The summed E-state index contributed by atoms with van der Waals surface area (Å²) in [5, 5.41) is 0. The van der Waals surface area contributed by atoms with Gasteiger partial charge in [-0.15, -0.1) is 0 Å². The monoisotopic (exact) mass is 248 g/mol. The Kier molecular flexibility index (Phi) is 4.61. The van der Waals surface area contributed by atoms with Crippen LogP contribution in [-0.2, 0) is 4.74 Å². The van der Waals surface area contributed by atoms with E-state index in [0.29, 0.717) is 12.6 Å². The van der Waals surface area contributed by atoms with E-state index in [1.165, 1.54) is 11.3 Å². The van der Waals surface area contributed by atoms with Crippen LogP contribution in [0.1, 0.15) is 25.3 Å². The van der Waals surface area contributed by atoms with Gasteiger partial charge in [0.1, 0.15) is 0 Å². The van der Waals surface area contributed by atoms with Gasteiger partial charge in [-0.05, 0) is 38.3 Å². The Morgan fingerprint density at radius 2 is 2.00 bits per heavy atom. The largest absolute Gasteiger partial charge is 0.372 e. The lowest BCUT2D eigenvalue weighted by Gasteiger charge is -2.27. The molecule has 2 N–H and O–H groups in total. The fourth-order valence-corrected chi connectivity index (χ4v) is 2.65. The summed E-state index contributed by atoms with van der Waals surface area (Å²) < 4.78 is 5.94. The number of nitrogens with zero attached hydrogens (tertiary/aromatic N) is 1. The van der Waals surface area contributed by atoms with Crippen molar-refractivity contribution in [3.05, 3.63) is 29.8 Å². The summed E-state index contributed by atoms with van der Waals surface area (Å²) >= 11 is 0. The molecule has 1 aromatic rings. The molecule has 1 saturated heterocycles. The first kappa shape index (κ1) is 13.4. The first-order valence-electron chi connectivity index (χ1n) is 6.90. The topological polar surface area (TPSA) is 38.5 Å². The van der Waals surface area contributed by atoms with Crippen LogP contribution < -0.4 is 10.6 Å². The predicted octanol–water partition coefficient (Wildman–Crippen LogP) is 2.33. The number of hydrogen-bond donors (Lipinski definition) is 1. The first-order valence-corrected chi connectivity index (χ1v) is 6.90. The van der Waals surface area contributed by atoms with E-state index < -0.39 is 0 Å². The van der Waals surface area contributed by atoms with Crippen LogP contribution in [0, 0.1) is 6.92 Å². The smallest absolute Gasteiger partial charge is 0.0755 e. The molecular weight excluding hydrogens is 224 g/mol. The third kappa shape index (κ3) is 3.03. The number of likely N-dealkylation sites (N-methyl/N-ethyl adjacent to an activating group) is 1. The lowest BCUT2D eigenvalue weighted by Crippen LogP contribution is -2.33. The van der Waals surface area contributed by atoms with E-state index in [-0.39, 0.29) is 6.10 Å². The minimum atomic E-state index is 0.269. The summed E-state index contributed by atoms with van der Waals surface area (Å²) in [6.45, 7) is 6.99. The van der Waals surface area contributed by atoms with Crippen molar-refractivity contribution < 1.29 is 4.74 Å². The number of anilines is 1. The Morgan fingerprint density at radius 3 is 2.61 bits per heavy atom. The van der Waals surface area contributed by atoms with Crippen molar-refractivity contribution in [3.8, 4) is 0 Å². The lowest BCUT2D eigenvalue weighted by atomic mass is 10.1. The van der Waals surface area contributed by atoms with E-state index in [0.717, 1.165) is 25.9 Å². The maximum absolute atomic E-state index is 5.94. The van der Waals surface area contributed by atoms with Crippen LogP contribution in [0.5, 0.6) is 0 Å². The van der Waals surface area contributed by atoms with Gasteiger partial charge >= 0.3 is 0 Å². The van der Waals surface area contributed by atoms with Crippen molar-refractivity contribution >= 4 is 5.69 Å². The van der Waals surface area contributed by atoms with E-state index in [1.54, 1.807) is 0 Å². The van der Waals surface area contributed by atoms with Gasteiger partial charge in [-0.1, -0.05) is 18.2 Å². The number of aryl methyl sites for hydroxylation is 1. The van der Waals surface area contributed by atoms with Gasteiger partial charge < -0.3 is 15.4 Å². The SMILES string of the molecule is CCN(CC1CCC(CN)O1)c1ccccc1C. The molecule has 2 atom stereocenters. The molecule has 0 aliphatic carbocycles. The van der Waals surface area contributed by atoms with Crippen molar-refractivity contribution in [2.75, 3.05) is 24.5 Å². The summed E-state index contributed by atoms with van der Waals surface area (Å²) in [6.07, 6.45) is 2.83. The van der Waals surface area contributed by atoms with Crippen molar-refractivity contribution in [1.29, 1.82) is 0 Å². The van der Waals surface area contributed by atoms with E-state index >= 15 is 0 Å². The first-order chi connectivity index (χ1) is 8.74. The fourth-order valence-electron chi connectivity index (χ4n) is 2.65. The minimum absolute atomic E-state index is 0.269. The highest BCUT2D eigenvalue weighted by molar-refractivity contribution is 5.52. The van der Waals surface area contributed by atoms with E-state index in [1.807, 2.05) is 0 Å². The van der Waals surface area contributed by atoms with Crippen LogP contribution in [0.15, 0.2) is 24.3 Å². The molecule has 0 saturated carbocycles. The average Bonchev–Trinajstić information content (AvgIpc) is 2.85. The molecule has 18 heavy (non-hydrogen) atoms. The van der Waals surface area contributed by atoms with Crippen LogP contribution in [0.4, 0.5) is 5.69 Å². The number of benzene rings is 1. The van der Waals surface area contributed by atoms with Crippen molar-refractivity contribution in [1.82, 2.24) is 0 Å². The molecule has 0 amide bonds. The highest BCUT2D eigenvalue weighted by Crippen LogP contribution is 2.24. The summed E-state index contributed by atoms with van der Waals surface area (Å²) in [6, 6.07) is 8.54. The van der Waals surface area contributed by atoms with Crippen molar-refractivity contribution in [2.45, 2.75) is 38.9 Å². The van der Waals surface area contributed by atoms with Crippen LogP contribution >= 0.6 is 0 Å². The highest BCUT2D eigenvalue weighted by atomic mass is 16.5. The van der Waals surface area contributed by atoms with Crippen LogP contribution in [0.3, 0.4) is 0 Å². The minimum Gasteiger partial charge on any atom is -0.372 e. The van der Waals surface area contributed by atoms with Crippen molar-refractivity contribution in [2.24, 2.45) is 5.73 Å². The zero-order valence-corrected chi connectivity index (χ0v) is 11.4. The third-order valence-corrected chi connectivity index (χ3v) is 3.72. The summed E-state index contributed by atoms with van der Waals surface area (Å²) in [5.41, 5.74) is 8.30. The molecule has 0 spiro atoms. The molecule has 1 aliphatic rings. The van der Waals surface area contributed by atoms with E-state index in [4.69, 9.17) is 10.5 Å². The zero-order chi connectivity index (χ0) is 13.0. The van der Waals surface area contributed by atoms with E-state index in [9.17, 15) is 0 Å². The second kappa shape index (κ2) is 6.21. The summed E-state index contributed by atoms with van der Waals surface area (Å²) in [5.74, 6) is 0. The Bertz CT molecular complexity index is 381. The Morgan fingerprint density at radius 1 is 1.28 bits per heavy atom. The number of nitrogens with two attached hydrogens (primary N) is 1. The maximum Gasteiger partial charge on any atom is 0.0755 e. The zero-order valence-electron chi connectivity index (χ0n) is 11.4. The molecule has 1 aliphatic heterocycles. The van der Waals surface area contributed by atoms with Crippen LogP contribution in [-0.4, -0.2) is 31.8 Å². The molecule has 3 nitrogen and oxygen atoms in total. The Labute approximate surface area is 110 Å². The number of rotatable bonds is 5. The standard InChI is InChI=1S/C15H24N2O/c1-3-17(15-7-5-4-6-12(15)2)11-14-9-8-13(10-16)18-14/h4-7,13-14H,3,8-11,16H2,1-2H3. The van der Waals surface area contributed by atoms with Crippen LogP contribution in [0.25, 0.3) is 0 Å². The molecule has 100 valence electrons. The fraction of sp³-hybridized carbons (Fsp3) is 0.600.